The van der Waals surface area contributed by atoms with Crippen LogP contribution in [0.4, 0.5) is 0 Å². The van der Waals surface area contributed by atoms with Crippen LogP contribution in [0.3, 0.4) is 0 Å². The van der Waals surface area contributed by atoms with E-state index in [1.807, 2.05) is 13.8 Å². The van der Waals surface area contributed by atoms with Crippen molar-refractivity contribution in [1.29, 1.82) is 0 Å². The Bertz CT molecular complexity index is 1390. The van der Waals surface area contributed by atoms with Crippen molar-refractivity contribution in [3.8, 4) is 0 Å². The van der Waals surface area contributed by atoms with Gasteiger partial charge in [-0.3, -0.25) is 24.0 Å². The first kappa shape index (κ1) is 35.4. The number of allylic oxidation sites excluding steroid dienone is 2. The summed E-state index contributed by atoms with van der Waals surface area (Å²) in [5.74, 6) is -2.60. The Morgan fingerprint density at radius 2 is 1.47 bits per heavy atom. The van der Waals surface area contributed by atoms with Gasteiger partial charge >= 0.3 is 29.8 Å². The fraction of sp³-hybridized carbons (Fsp3) is 0.811. The third kappa shape index (κ3) is 5.13. The molecular formula is C37H54O10. The van der Waals surface area contributed by atoms with E-state index in [1.54, 1.807) is 0 Å². The standard InChI is InChI=1S/C37H54O10/c1-21(38)45-20-34(6)27-12-13-36(8)28(33(27,5)19-26(46-22(2)39)29(34)47-23(3)40)11-10-24-25-18-32(4,30(41)42)14-16-37(25,31(43)44-9)17-15-35(24,36)7/h10,25-29H,11-20H2,1-9H3,(H,41,42)/t25-,26-,27-,28+,29-,32-,33-,34-,35+,36+,37-/m0/s1. The van der Waals surface area contributed by atoms with Gasteiger partial charge in [-0.05, 0) is 98.7 Å². The van der Waals surface area contributed by atoms with Crippen molar-refractivity contribution < 1.29 is 48.0 Å². The molecule has 0 radical (unpaired) electrons. The van der Waals surface area contributed by atoms with Gasteiger partial charge in [0.15, 0.2) is 0 Å². The zero-order chi connectivity index (χ0) is 35.0. The van der Waals surface area contributed by atoms with Crippen LogP contribution in [0.5, 0.6) is 0 Å². The highest BCUT2D eigenvalue weighted by atomic mass is 16.6. The van der Waals surface area contributed by atoms with E-state index < -0.39 is 57.7 Å². The zero-order valence-corrected chi connectivity index (χ0v) is 29.7. The summed E-state index contributed by atoms with van der Waals surface area (Å²) in [6.07, 6.45) is 6.30. The van der Waals surface area contributed by atoms with Crippen LogP contribution in [0.15, 0.2) is 11.6 Å². The molecule has 4 saturated carbocycles. The molecule has 0 unspecified atom stereocenters. The van der Waals surface area contributed by atoms with E-state index in [9.17, 15) is 29.1 Å². The van der Waals surface area contributed by atoms with E-state index >= 15 is 0 Å². The molecule has 0 aliphatic heterocycles. The first-order valence-electron chi connectivity index (χ1n) is 17.2. The average Bonchev–Trinajstić information content (AvgIpc) is 2.97. The van der Waals surface area contributed by atoms with Gasteiger partial charge in [0.05, 0.1) is 17.9 Å². The second kappa shape index (κ2) is 11.6. The molecule has 0 aromatic carbocycles. The number of aliphatic carboxylic acids is 1. The highest BCUT2D eigenvalue weighted by Gasteiger charge is 2.72. The quantitative estimate of drug-likeness (QED) is 0.204. The number of carbonyl (C=O) groups excluding carboxylic acids is 4. The van der Waals surface area contributed by atoms with Crippen molar-refractivity contribution in [2.75, 3.05) is 13.7 Å². The van der Waals surface area contributed by atoms with Crippen molar-refractivity contribution in [2.45, 2.75) is 125 Å². The summed E-state index contributed by atoms with van der Waals surface area (Å²) < 4.78 is 23.0. The number of methoxy groups -OCH3 is 1. The van der Waals surface area contributed by atoms with Gasteiger partial charge in [-0.2, -0.15) is 0 Å². The highest BCUT2D eigenvalue weighted by Crippen LogP contribution is 2.76. The lowest BCUT2D eigenvalue weighted by Gasteiger charge is -2.71. The zero-order valence-electron chi connectivity index (χ0n) is 29.7. The van der Waals surface area contributed by atoms with Crippen molar-refractivity contribution in [3.63, 3.8) is 0 Å². The molecule has 0 aromatic rings. The maximum atomic E-state index is 13.6. The summed E-state index contributed by atoms with van der Waals surface area (Å²) in [7, 11) is 1.43. The third-order valence-corrected chi connectivity index (χ3v) is 14.4. The molecule has 4 fully saturated rings. The number of rotatable bonds is 6. The van der Waals surface area contributed by atoms with Gasteiger partial charge in [0.25, 0.3) is 0 Å². The van der Waals surface area contributed by atoms with E-state index in [1.165, 1.54) is 33.5 Å². The molecule has 10 heteroatoms. The van der Waals surface area contributed by atoms with Gasteiger partial charge in [-0.25, -0.2) is 0 Å². The Hall–Kier alpha value is -2.91. The molecule has 5 rings (SSSR count). The van der Waals surface area contributed by atoms with E-state index in [0.29, 0.717) is 38.5 Å². The minimum absolute atomic E-state index is 0.0233. The van der Waals surface area contributed by atoms with Crippen LogP contribution in [0.1, 0.15) is 113 Å². The van der Waals surface area contributed by atoms with Crippen LogP contribution in [0.2, 0.25) is 0 Å². The van der Waals surface area contributed by atoms with Crippen LogP contribution in [0, 0.1) is 50.2 Å². The molecule has 0 saturated heterocycles. The summed E-state index contributed by atoms with van der Waals surface area (Å²) >= 11 is 0. The van der Waals surface area contributed by atoms with Gasteiger partial charge < -0.3 is 24.1 Å². The SMILES string of the molecule is COC(=O)[C@]12CC[C@](C)(C(=O)O)C[C@H]1C1=CC[C@@H]3[C@@]4(C)C[C@H](OC(C)=O)[C@H](OC(C)=O)[C@@](C)(COC(C)=O)[C@H]4CC[C@@]3(C)[C@]1(C)CC2. The lowest BCUT2D eigenvalue weighted by atomic mass is 9.33. The van der Waals surface area contributed by atoms with Crippen LogP contribution in [0.25, 0.3) is 0 Å². The van der Waals surface area contributed by atoms with E-state index in [4.69, 9.17) is 18.9 Å². The Morgan fingerprint density at radius 3 is 2.04 bits per heavy atom. The number of hydrogen-bond acceptors (Lipinski definition) is 9. The molecule has 47 heavy (non-hydrogen) atoms. The molecule has 5 aliphatic carbocycles. The van der Waals surface area contributed by atoms with Crippen LogP contribution >= 0.6 is 0 Å². The smallest absolute Gasteiger partial charge is 0.312 e. The normalized spacial score (nSPS) is 45.4. The van der Waals surface area contributed by atoms with Crippen LogP contribution in [-0.4, -0.2) is 60.9 Å². The fourth-order valence-electron chi connectivity index (χ4n) is 11.9. The molecule has 262 valence electrons. The summed E-state index contributed by atoms with van der Waals surface area (Å²) in [5, 5.41) is 10.3. The molecule has 0 amide bonds. The number of carbonyl (C=O) groups is 5. The molecular weight excluding hydrogens is 604 g/mol. The average molecular weight is 659 g/mol. The Kier molecular flexibility index (Phi) is 8.74. The summed E-state index contributed by atoms with van der Waals surface area (Å²) in [6.45, 7) is 14.8. The Morgan fingerprint density at radius 1 is 0.830 bits per heavy atom. The topological polar surface area (TPSA) is 143 Å². The number of ether oxygens (including phenoxy) is 4. The largest absolute Gasteiger partial charge is 0.481 e. The molecule has 10 nitrogen and oxygen atoms in total. The lowest BCUT2D eigenvalue weighted by molar-refractivity contribution is -0.256. The fourth-order valence-corrected chi connectivity index (χ4v) is 11.9. The van der Waals surface area contributed by atoms with Crippen LogP contribution < -0.4 is 0 Å². The number of carboxylic acid groups (broad SMARTS) is 1. The van der Waals surface area contributed by atoms with Gasteiger partial charge in [0.2, 0.25) is 0 Å². The third-order valence-electron chi connectivity index (χ3n) is 14.4. The number of hydrogen-bond donors (Lipinski definition) is 1. The van der Waals surface area contributed by atoms with Crippen molar-refractivity contribution in [2.24, 2.45) is 50.2 Å². The van der Waals surface area contributed by atoms with Gasteiger partial charge in [0, 0.05) is 26.2 Å². The summed E-state index contributed by atoms with van der Waals surface area (Å²) in [5.41, 5.74) is -2.27. The predicted octanol–water partition coefficient (Wildman–Crippen LogP) is 6.04. The maximum Gasteiger partial charge on any atom is 0.312 e. The summed E-state index contributed by atoms with van der Waals surface area (Å²) in [4.78, 5) is 63.2. The number of esters is 4. The number of carboxylic acids is 1. The van der Waals surface area contributed by atoms with Gasteiger partial charge in [-0.15, -0.1) is 0 Å². The second-order valence-electron chi connectivity index (χ2n) is 16.7. The molecule has 0 bridgehead atoms. The highest BCUT2D eigenvalue weighted by molar-refractivity contribution is 5.80. The second-order valence-corrected chi connectivity index (χ2v) is 16.7. The van der Waals surface area contributed by atoms with Crippen molar-refractivity contribution in [3.05, 3.63) is 11.6 Å². The Balaban J connectivity index is 1.63. The number of fused-ring (bicyclic) bond motifs is 7. The first-order valence-corrected chi connectivity index (χ1v) is 17.2. The van der Waals surface area contributed by atoms with Gasteiger partial charge in [-0.1, -0.05) is 39.3 Å². The maximum absolute atomic E-state index is 13.6. The van der Waals surface area contributed by atoms with E-state index in [0.717, 1.165) is 19.3 Å². The molecule has 0 spiro atoms. The van der Waals surface area contributed by atoms with E-state index in [-0.39, 0.29) is 41.2 Å². The Labute approximate surface area is 278 Å². The van der Waals surface area contributed by atoms with Crippen molar-refractivity contribution >= 4 is 29.8 Å². The predicted molar refractivity (Wildman–Crippen MR) is 170 cm³/mol. The minimum Gasteiger partial charge on any atom is -0.481 e. The first-order chi connectivity index (χ1) is 21.7. The molecule has 0 aromatic heterocycles. The lowest BCUT2D eigenvalue weighted by Crippen LogP contribution is -2.69. The van der Waals surface area contributed by atoms with Crippen molar-refractivity contribution in [1.82, 2.24) is 0 Å². The van der Waals surface area contributed by atoms with E-state index in [2.05, 4.69) is 26.8 Å². The monoisotopic (exact) mass is 658 g/mol. The van der Waals surface area contributed by atoms with Crippen LogP contribution in [-0.2, 0) is 42.9 Å². The minimum atomic E-state index is -0.937. The molecule has 0 heterocycles. The molecule has 11 atom stereocenters. The molecule has 5 aliphatic rings. The summed E-state index contributed by atoms with van der Waals surface area (Å²) in [6, 6.07) is 0. The molecule has 1 N–H and O–H groups in total. The van der Waals surface area contributed by atoms with Gasteiger partial charge in [0.1, 0.15) is 18.8 Å².